The first kappa shape index (κ1) is 19.4. The molecule has 0 fully saturated rings. The molecule has 0 radical (unpaired) electrons. The minimum Gasteiger partial charge on any atom is -0.311 e. The number of urea groups is 1. The SMILES string of the molecule is CC/C=C/C(=O)NC(=O)N([C@@H](C)c1ccccc1)[C@@H](C)c1ccccc1. The maximum atomic E-state index is 12.9. The lowest BCUT2D eigenvalue weighted by atomic mass is 10.0. The number of imide groups is 1. The van der Waals surface area contributed by atoms with Gasteiger partial charge in [0.1, 0.15) is 0 Å². The Labute approximate surface area is 155 Å². The molecule has 0 aliphatic rings. The Kier molecular flexibility index (Phi) is 7.15. The van der Waals surface area contributed by atoms with Crippen LogP contribution in [0.5, 0.6) is 0 Å². The van der Waals surface area contributed by atoms with Gasteiger partial charge in [0, 0.05) is 0 Å². The number of carbonyl (C=O) groups excluding carboxylic acids is 2. The maximum Gasteiger partial charge on any atom is 0.325 e. The van der Waals surface area contributed by atoms with Crippen molar-refractivity contribution in [2.45, 2.75) is 39.3 Å². The van der Waals surface area contributed by atoms with Crippen molar-refractivity contribution in [2.75, 3.05) is 0 Å². The van der Waals surface area contributed by atoms with Crippen molar-refractivity contribution in [3.05, 3.63) is 83.9 Å². The van der Waals surface area contributed by atoms with Crippen molar-refractivity contribution < 1.29 is 9.59 Å². The molecule has 0 spiro atoms. The highest BCUT2D eigenvalue weighted by Gasteiger charge is 2.28. The fourth-order valence-corrected chi connectivity index (χ4v) is 2.91. The van der Waals surface area contributed by atoms with Crippen LogP contribution in [0.1, 0.15) is 50.4 Å². The smallest absolute Gasteiger partial charge is 0.311 e. The van der Waals surface area contributed by atoms with Gasteiger partial charge in [-0.3, -0.25) is 10.1 Å². The summed E-state index contributed by atoms with van der Waals surface area (Å²) in [6, 6.07) is 18.9. The largest absolute Gasteiger partial charge is 0.325 e. The molecule has 2 rings (SSSR count). The first-order chi connectivity index (χ1) is 12.5. The predicted octanol–water partition coefficient (Wildman–Crippen LogP) is 5.01. The summed E-state index contributed by atoms with van der Waals surface area (Å²) >= 11 is 0. The van der Waals surface area contributed by atoms with E-state index in [-0.39, 0.29) is 12.1 Å². The van der Waals surface area contributed by atoms with Crippen molar-refractivity contribution in [3.63, 3.8) is 0 Å². The Morgan fingerprint density at radius 3 is 1.81 bits per heavy atom. The second-order valence-electron chi connectivity index (χ2n) is 6.19. The van der Waals surface area contributed by atoms with Crippen LogP contribution in [0.15, 0.2) is 72.8 Å². The van der Waals surface area contributed by atoms with Crippen LogP contribution in [0.25, 0.3) is 0 Å². The molecule has 2 aromatic rings. The van der Waals surface area contributed by atoms with Gasteiger partial charge >= 0.3 is 6.03 Å². The number of carbonyl (C=O) groups is 2. The fourth-order valence-electron chi connectivity index (χ4n) is 2.91. The van der Waals surface area contributed by atoms with Crippen molar-refractivity contribution in [1.29, 1.82) is 0 Å². The van der Waals surface area contributed by atoms with Crippen molar-refractivity contribution in [2.24, 2.45) is 0 Å². The van der Waals surface area contributed by atoms with E-state index in [1.807, 2.05) is 81.4 Å². The standard InChI is InChI=1S/C22H26N2O2/c1-4-5-16-21(25)23-22(26)24(17(2)19-12-8-6-9-13-19)18(3)20-14-10-7-11-15-20/h5-18H,4H2,1-3H3,(H,23,25,26)/b16-5+/t17-,18-/m0/s1. The van der Waals surface area contributed by atoms with Crippen LogP contribution in [0.4, 0.5) is 4.79 Å². The number of amides is 3. The number of rotatable bonds is 6. The summed E-state index contributed by atoms with van der Waals surface area (Å²) in [7, 11) is 0. The topological polar surface area (TPSA) is 49.4 Å². The molecular weight excluding hydrogens is 324 g/mol. The molecule has 0 aliphatic carbocycles. The van der Waals surface area contributed by atoms with Crippen LogP contribution in [0.2, 0.25) is 0 Å². The lowest BCUT2D eigenvalue weighted by Gasteiger charge is -2.35. The van der Waals surface area contributed by atoms with E-state index in [1.165, 1.54) is 6.08 Å². The molecule has 0 heterocycles. The van der Waals surface area contributed by atoms with E-state index >= 15 is 0 Å². The lowest BCUT2D eigenvalue weighted by Crippen LogP contribution is -2.44. The van der Waals surface area contributed by atoms with E-state index < -0.39 is 11.9 Å². The van der Waals surface area contributed by atoms with Gasteiger partial charge in [0.15, 0.2) is 0 Å². The van der Waals surface area contributed by atoms with Gasteiger partial charge in [-0.05, 0) is 37.5 Å². The van der Waals surface area contributed by atoms with E-state index in [1.54, 1.807) is 11.0 Å². The Balaban J connectivity index is 2.30. The van der Waals surface area contributed by atoms with Gasteiger partial charge in [-0.25, -0.2) is 4.79 Å². The Morgan fingerprint density at radius 1 is 0.923 bits per heavy atom. The molecule has 0 unspecified atom stereocenters. The number of hydrogen-bond donors (Lipinski definition) is 1. The van der Waals surface area contributed by atoms with E-state index in [2.05, 4.69) is 5.32 Å². The van der Waals surface area contributed by atoms with Crippen molar-refractivity contribution >= 4 is 11.9 Å². The molecule has 4 nitrogen and oxygen atoms in total. The Morgan fingerprint density at radius 2 is 1.38 bits per heavy atom. The van der Waals surface area contributed by atoms with Crippen LogP contribution < -0.4 is 5.32 Å². The van der Waals surface area contributed by atoms with Gasteiger partial charge in [-0.1, -0.05) is 73.7 Å². The molecular formula is C22H26N2O2. The molecule has 0 saturated carbocycles. The summed E-state index contributed by atoms with van der Waals surface area (Å²) in [5.74, 6) is -0.401. The molecule has 4 heteroatoms. The molecule has 2 aromatic carbocycles. The average Bonchev–Trinajstić information content (AvgIpc) is 2.67. The highest BCUT2D eigenvalue weighted by atomic mass is 16.2. The highest BCUT2D eigenvalue weighted by molar-refractivity contribution is 6.00. The molecule has 3 amide bonds. The van der Waals surface area contributed by atoms with Gasteiger partial charge < -0.3 is 4.90 Å². The number of hydrogen-bond acceptors (Lipinski definition) is 2. The fraction of sp³-hybridized carbons (Fsp3) is 0.273. The van der Waals surface area contributed by atoms with E-state index in [9.17, 15) is 9.59 Å². The number of nitrogens with zero attached hydrogens (tertiary/aromatic N) is 1. The van der Waals surface area contributed by atoms with Crippen molar-refractivity contribution in [3.8, 4) is 0 Å². The molecule has 0 saturated heterocycles. The molecule has 1 N–H and O–H groups in total. The summed E-state index contributed by atoms with van der Waals surface area (Å²) in [5, 5.41) is 2.48. The van der Waals surface area contributed by atoms with Crippen LogP contribution in [-0.4, -0.2) is 16.8 Å². The van der Waals surface area contributed by atoms with Gasteiger partial charge in [0.05, 0.1) is 12.1 Å². The summed E-state index contributed by atoms with van der Waals surface area (Å²) in [6.07, 6.45) is 3.87. The Hall–Kier alpha value is -2.88. The first-order valence-electron chi connectivity index (χ1n) is 8.94. The molecule has 0 aliphatic heterocycles. The molecule has 0 bridgehead atoms. The van der Waals surface area contributed by atoms with Crippen LogP contribution in [0.3, 0.4) is 0 Å². The van der Waals surface area contributed by atoms with Crippen molar-refractivity contribution in [1.82, 2.24) is 10.2 Å². The van der Waals surface area contributed by atoms with Crippen LogP contribution in [0, 0.1) is 0 Å². The first-order valence-corrected chi connectivity index (χ1v) is 8.94. The van der Waals surface area contributed by atoms with Crippen LogP contribution in [-0.2, 0) is 4.79 Å². The summed E-state index contributed by atoms with van der Waals surface area (Å²) in [6.45, 7) is 5.88. The number of nitrogens with one attached hydrogen (secondary N) is 1. The van der Waals surface area contributed by atoms with Crippen LogP contribution >= 0.6 is 0 Å². The normalized spacial score (nSPS) is 13.2. The maximum absolute atomic E-state index is 12.9. The quantitative estimate of drug-likeness (QED) is 0.744. The van der Waals surface area contributed by atoms with Gasteiger partial charge in [0.25, 0.3) is 5.91 Å². The zero-order chi connectivity index (χ0) is 18.9. The summed E-state index contributed by atoms with van der Waals surface area (Å²) in [4.78, 5) is 26.6. The number of allylic oxidation sites excluding steroid dienone is 1. The number of benzene rings is 2. The third kappa shape index (κ3) is 5.06. The second kappa shape index (κ2) is 9.56. The summed E-state index contributed by atoms with van der Waals surface area (Å²) < 4.78 is 0. The summed E-state index contributed by atoms with van der Waals surface area (Å²) in [5.41, 5.74) is 2.03. The zero-order valence-electron chi connectivity index (χ0n) is 15.6. The van der Waals surface area contributed by atoms with E-state index in [0.717, 1.165) is 17.5 Å². The minimum absolute atomic E-state index is 0.186. The molecule has 26 heavy (non-hydrogen) atoms. The van der Waals surface area contributed by atoms with Gasteiger partial charge in [0.2, 0.25) is 0 Å². The monoisotopic (exact) mass is 350 g/mol. The predicted molar refractivity (Wildman–Crippen MR) is 105 cm³/mol. The van der Waals surface area contributed by atoms with Gasteiger partial charge in [-0.15, -0.1) is 0 Å². The zero-order valence-corrected chi connectivity index (χ0v) is 15.6. The third-order valence-corrected chi connectivity index (χ3v) is 4.37. The molecule has 136 valence electrons. The molecule has 0 aromatic heterocycles. The Bertz CT molecular complexity index is 696. The van der Waals surface area contributed by atoms with E-state index in [0.29, 0.717) is 0 Å². The molecule has 2 atom stereocenters. The minimum atomic E-state index is -0.401. The van der Waals surface area contributed by atoms with E-state index in [4.69, 9.17) is 0 Å². The highest BCUT2D eigenvalue weighted by Crippen LogP contribution is 2.30. The average molecular weight is 350 g/mol. The third-order valence-electron chi connectivity index (χ3n) is 4.37. The second-order valence-corrected chi connectivity index (χ2v) is 6.19. The van der Waals surface area contributed by atoms with Gasteiger partial charge in [-0.2, -0.15) is 0 Å². The lowest BCUT2D eigenvalue weighted by molar-refractivity contribution is -0.115.